The maximum Gasteiger partial charge on any atom is 0.326 e. The number of nitrogens with zero attached hydrogens (tertiary/aromatic N) is 1. The third-order valence-electron chi connectivity index (χ3n) is 2.08. The number of carbonyl (C=O) groups excluding carboxylic acids is 1. The number of aryl methyl sites for hydroxylation is 1. The Morgan fingerprint density at radius 1 is 1.42 bits per heavy atom. The van der Waals surface area contributed by atoms with E-state index in [0.29, 0.717) is 11.5 Å². The molecule has 9 nitrogen and oxygen atoms in total. The first-order valence-corrected chi connectivity index (χ1v) is 5.29. The smallest absolute Gasteiger partial charge is 0.326 e. The first kappa shape index (κ1) is 14.5. The van der Waals surface area contributed by atoms with Gasteiger partial charge in [0, 0.05) is 6.07 Å². The maximum absolute atomic E-state index is 11.4. The summed E-state index contributed by atoms with van der Waals surface area (Å²) in [5.41, 5.74) is 0.645. The van der Waals surface area contributed by atoms with Gasteiger partial charge < -0.3 is 25.4 Å². The maximum atomic E-state index is 11.4. The third kappa shape index (κ3) is 5.06. The van der Waals surface area contributed by atoms with Crippen molar-refractivity contribution in [2.45, 2.75) is 25.9 Å². The number of carbonyl (C=O) groups is 3. The second kappa shape index (κ2) is 6.38. The van der Waals surface area contributed by atoms with E-state index >= 15 is 0 Å². The number of amides is 2. The van der Waals surface area contributed by atoms with Crippen molar-refractivity contribution in [3.8, 4) is 0 Å². The fraction of sp³-hybridized carbons (Fsp3) is 0.400. The minimum atomic E-state index is -1.49. The zero-order valence-corrected chi connectivity index (χ0v) is 10.0. The van der Waals surface area contributed by atoms with Crippen molar-refractivity contribution in [2.75, 3.05) is 0 Å². The van der Waals surface area contributed by atoms with Gasteiger partial charge in [-0.3, -0.25) is 4.79 Å². The molecule has 1 atom stereocenters. The van der Waals surface area contributed by atoms with E-state index in [1.54, 1.807) is 13.0 Å². The number of hydrogen-bond donors (Lipinski definition) is 4. The lowest BCUT2D eigenvalue weighted by Crippen LogP contribution is -2.46. The Morgan fingerprint density at radius 3 is 2.58 bits per heavy atom. The minimum Gasteiger partial charge on any atom is -0.481 e. The van der Waals surface area contributed by atoms with Gasteiger partial charge in [-0.1, -0.05) is 5.16 Å². The van der Waals surface area contributed by atoms with Gasteiger partial charge in [0.25, 0.3) is 0 Å². The molecule has 9 heteroatoms. The molecular weight excluding hydrogens is 258 g/mol. The van der Waals surface area contributed by atoms with E-state index in [4.69, 9.17) is 14.7 Å². The number of aromatic nitrogens is 1. The highest BCUT2D eigenvalue weighted by atomic mass is 16.5. The van der Waals surface area contributed by atoms with E-state index in [2.05, 4.69) is 10.5 Å². The molecule has 0 saturated carbocycles. The number of nitrogens with one attached hydrogen (secondary N) is 2. The standard InChI is InChI=1S/C10H13N3O6/c1-5-2-6(19-13-5)4-11-10(18)12-7(9(16)17)3-8(14)15/h2,7H,3-4H2,1H3,(H,14,15)(H,16,17)(H2,11,12,18)/t7-/m0/s1. The Kier molecular flexibility index (Phi) is 4.86. The molecule has 0 radical (unpaired) electrons. The van der Waals surface area contributed by atoms with E-state index in [0.717, 1.165) is 0 Å². The van der Waals surface area contributed by atoms with Gasteiger partial charge in [0.1, 0.15) is 6.04 Å². The normalized spacial score (nSPS) is 11.6. The summed E-state index contributed by atoms with van der Waals surface area (Å²) < 4.78 is 4.83. The average molecular weight is 271 g/mol. The van der Waals surface area contributed by atoms with Gasteiger partial charge in [-0.25, -0.2) is 9.59 Å². The molecule has 0 unspecified atom stereocenters. The van der Waals surface area contributed by atoms with Crippen LogP contribution < -0.4 is 10.6 Å². The second-order valence-electron chi connectivity index (χ2n) is 3.75. The van der Waals surface area contributed by atoms with Crippen molar-refractivity contribution in [3.63, 3.8) is 0 Å². The van der Waals surface area contributed by atoms with Crippen LogP contribution in [0.5, 0.6) is 0 Å². The molecule has 0 spiro atoms. The Balaban J connectivity index is 2.44. The number of carboxylic acids is 2. The molecule has 0 saturated heterocycles. The summed E-state index contributed by atoms with van der Waals surface area (Å²) in [6.45, 7) is 1.73. The zero-order valence-electron chi connectivity index (χ0n) is 10.0. The Hall–Kier alpha value is -2.58. The SMILES string of the molecule is Cc1cc(CNC(=O)N[C@@H](CC(=O)O)C(=O)O)on1. The van der Waals surface area contributed by atoms with E-state index in [-0.39, 0.29) is 6.54 Å². The van der Waals surface area contributed by atoms with Gasteiger partial charge in [-0.05, 0) is 6.92 Å². The van der Waals surface area contributed by atoms with Crippen LogP contribution >= 0.6 is 0 Å². The fourth-order valence-electron chi connectivity index (χ4n) is 1.25. The number of hydrogen-bond acceptors (Lipinski definition) is 5. The molecule has 1 aromatic heterocycles. The summed E-state index contributed by atoms with van der Waals surface area (Å²) in [6.07, 6.45) is -0.704. The summed E-state index contributed by atoms with van der Waals surface area (Å²) in [4.78, 5) is 32.5. The lowest BCUT2D eigenvalue weighted by Gasteiger charge is -2.12. The quantitative estimate of drug-likeness (QED) is 0.556. The number of urea groups is 1. The van der Waals surface area contributed by atoms with Gasteiger partial charge in [-0.15, -0.1) is 0 Å². The zero-order chi connectivity index (χ0) is 14.4. The number of carboxylic acid groups (broad SMARTS) is 2. The molecule has 1 rings (SSSR count). The first-order valence-electron chi connectivity index (χ1n) is 5.29. The van der Waals surface area contributed by atoms with Crippen molar-refractivity contribution >= 4 is 18.0 Å². The molecule has 4 N–H and O–H groups in total. The third-order valence-corrected chi connectivity index (χ3v) is 2.08. The molecular formula is C10H13N3O6. The summed E-state index contributed by atoms with van der Waals surface area (Å²) in [5, 5.41) is 25.2. The van der Waals surface area contributed by atoms with Gasteiger partial charge in [-0.2, -0.15) is 0 Å². The van der Waals surface area contributed by atoms with Gasteiger partial charge >= 0.3 is 18.0 Å². The molecule has 0 fully saturated rings. The molecule has 1 aromatic rings. The highest BCUT2D eigenvalue weighted by molar-refractivity contribution is 5.86. The van der Waals surface area contributed by atoms with Crippen LogP contribution in [-0.4, -0.2) is 39.4 Å². The van der Waals surface area contributed by atoms with Crippen molar-refractivity contribution in [2.24, 2.45) is 0 Å². The molecule has 2 amide bonds. The molecule has 0 aromatic carbocycles. The summed E-state index contributed by atoms with van der Waals surface area (Å²) in [6, 6.07) is -0.691. The van der Waals surface area contributed by atoms with Crippen molar-refractivity contribution in [3.05, 3.63) is 17.5 Å². The van der Waals surface area contributed by atoms with Crippen LogP contribution in [0.4, 0.5) is 4.79 Å². The second-order valence-corrected chi connectivity index (χ2v) is 3.75. The minimum absolute atomic E-state index is 0.0199. The molecule has 0 aliphatic rings. The van der Waals surface area contributed by atoms with Crippen LogP contribution in [0, 0.1) is 6.92 Å². The molecule has 0 bridgehead atoms. The molecule has 19 heavy (non-hydrogen) atoms. The van der Waals surface area contributed by atoms with Gasteiger partial charge in [0.05, 0.1) is 18.7 Å². The molecule has 0 aliphatic heterocycles. The van der Waals surface area contributed by atoms with E-state index < -0.39 is 30.4 Å². The largest absolute Gasteiger partial charge is 0.481 e. The Labute approximate surface area is 107 Å². The highest BCUT2D eigenvalue weighted by Crippen LogP contribution is 2.01. The predicted octanol–water partition coefficient (Wildman–Crippen LogP) is -0.290. The van der Waals surface area contributed by atoms with Crippen LogP contribution in [0.2, 0.25) is 0 Å². The molecule has 1 heterocycles. The van der Waals surface area contributed by atoms with Crippen LogP contribution in [0.1, 0.15) is 17.9 Å². The van der Waals surface area contributed by atoms with E-state index in [1.807, 2.05) is 5.32 Å². The van der Waals surface area contributed by atoms with Crippen LogP contribution in [0.25, 0.3) is 0 Å². The highest BCUT2D eigenvalue weighted by Gasteiger charge is 2.22. The Morgan fingerprint density at radius 2 is 2.11 bits per heavy atom. The van der Waals surface area contributed by atoms with Crippen molar-refractivity contribution < 1.29 is 29.1 Å². The summed E-state index contributed by atoms with van der Waals surface area (Å²) in [5.74, 6) is -2.34. The van der Waals surface area contributed by atoms with Crippen molar-refractivity contribution in [1.29, 1.82) is 0 Å². The van der Waals surface area contributed by atoms with E-state index in [9.17, 15) is 14.4 Å². The number of aliphatic carboxylic acids is 2. The predicted molar refractivity (Wildman–Crippen MR) is 60.3 cm³/mol. The van der Waals surface area contributed by atoms with Gasteiger partial charge in [0.15, 0.2) is 5.76 Å². The lowest BCUT2D eigenvalue weighted by atomic mass is 10.2. The topological polar surface area (TPSA) is 142 Å². The lowest BCUT2D eigenvalue weighted by molar-refractivity contribution is -0.145. The molecule has 0 aliphatic carbocycles. The van der Waals surface area contributed by atoms with Gasteiger partial charge in [0.2, 0.25) is 0 Å². The van der Waals surface area contributed by atoms with E-state index in [1.165, 1.54) is 0 Å². The fourth-order valence-corrected chi connectivity index (χ4v) is 1.25. The number of rotatable bonds is 6. The Bertz CT molecular complexity index is 483. The van der Waals surface area contributed by atoms with Crippen LogP contribution in [-0.2, 0) is 16.1 Å². The van der Waals surface area contributed by atoms with Crippen LogP contribution in [0.3, 0.4) is 0 Å². The van der Waals surface area contributed by atoms with Crippen LogP contribution in [0.15, 0.2) is 10.6 Å². The summed E-state index contributed by atoms with van der Waals surface area (Å²) in [7, 11) is 0. The summed E-state index contributed by atoms with van der Waals surface area (Å²) >= 11 is 0. The average Bonchev–Trinajstić information content (AvgIpc) is 2.71. The monoisotopic (exact) mass is 271 g/mol. The molecule has 104 valence electrons. The first-order chi connectivity index (χ1) is 8.88. The van der Waals surface area contributed by atoms with Crippen molar-refractivity contribution in [1.82, 2.24) is 15.8 Å².